The molecule has 0 aliphatic rings. The van der Waals surface area contributed by atoms with Gasteiger partial charge in [0.25, 0.3) is 0 Å². The van der Waals surface area contributed by atoms with Gasteiger partial charge in [-0.15, -0.1) is 0 Å². The molecule has 0 radical (unpaired) electrons. The average molecular weight is 748 g/mol. The quantitative estimate of drug-likeness (QED) is 0.0764. The minimum Gasteiger partial charge on any atom is -0.300 e. The molecule has 0 atom stereocenters. The van der Waals surface area contributed by atoms with Gasteiger partial charge in [-0.05, 0) is 45.0 Å². The van der Waals surface area contributed by atoms with E-state index in [-0.39, 0.29) is 5.84 Å². The third-order valence-corrected chi connectivity index (χ3v) is 15.9. The Bertz CT molecular complexity index is 2940. The van der Waals surface area contributed by atoms with Crippen molar-refractivity contribution in [1.29, 1.82) is 5.41 Å². The molecule has 1 N–H and O–H groups in total. The van der Waals surface area contributed by atoms with Crippen LogP contribution < -0.4 is 20.7 Å². The highest BCUT2D eigenvalue weighted by Gasteiger charge is 2.41. The summed E-state index contributed by atoms with van der Waals surface area (Å²) in [5.41, 5.74) is 4.77. The zero-order chi connectivity index (χ0) is 38.2. The molecule has 0 saturated carbocycles. The summed E-state index contributed by atoms with van der Waals surface area (Å²) >= 11 is 0. The second-order valence-electron chi connectivity index (χ2n) is 14.2. The van der Waals surface area contributed by atoms with Crippen LogP contribution in [0.2, 0.25) is 0 Å². The molecule has 10 rings (SSSR count). The summed E-state index contributed by atoms with van der Waals surface area (Å²) in [5.74, 6) is 0.535. The van der Waals surface area contributed by atoms with E-state index in [0.717, 1.165) is 49.2 Å². The van der Waals surface area contributed by atoms with Crippen molar-refractivity contribution in [2.75, 3.05) is 0 Å². The van der Waals surface area contributed by atoms with Crippen LogP contribution in [-0.4, -0.2) is 35.3 Å². The summed E-state index contributed by atoms with van der Waals surface area (Å²) in [6, 6.07) is 74.5. The van der Waals surface area contributed by atoms with Crippen LogP contribution >= 0.6 is 0 Å². The van der Waals surface area contributed by atoms with Gasteiger partial charge in [-0.2, -0.15) is 4.99 Å². The predicted molar refractivity (Wildman–Crippen MR) is 242 cm³/mol. The second kappa shape index (κ2) is 14.3. The molecule has 57 heavy (non-hydrogen) atoms. The lowest BCUT2D eigenvalue weighted by Gasteiger charge is -2.34. The number of hydrogen-bond donors (Lipinski definition) is 1. The van der Waals surface area contributed by atoms with E-state index in [1.807, 2.05) is 24.5 Å². The van der Waals surface area contributed by atoms with Crippen molar-refractivity contribution >= 4 is 90.6 Å². The Morgan fingerprint density at radius 2 is 0.807 bits per heavy atom. The number of fused-ring (bicyclic) bond motifs is 6. The molecule has 10 aromatic rings. The van der Waals surface area contributed by atoms with E-state index in [1.165, 1.54) is 20.7 Å². The zero-order valence-corrected chi connectivity index (χ0v) is 32.1. The monoisotopic (exact) mass is 747 g/mol. The lowest BCUT2D eigenvalue weighted by atomic mass is 10.2. The molecule has 0 aliphatic heterocycles. The van der Waals surface area contributed by atoms with Gasteiger partial charge in [0.1, 0.15) is 6.34 Å². The molecule has 5 nitrogen and oxygen atoms in total. The van der Waals surface area contributed by atoms with Gasteiger partial charge < -0.3 is 0 Å². The van der Waals surface area contributed by atoms with Crippen LogP contribution in [0.5, 0.6) is 0 Å². The maximum atomic E-state index is 9.74. The lowest BCUT2D eigenvalue weighted by molar-refractivity contribution is 1.21. The third kappa shape index (κ3) is 5.74. The van der Waals surface area contributed by atoms with Crippen molar-refractivity contribution < 1.29 is 0 Å². The number of aromatic nitrogens is 2. The summed E-state index contributed by atoms with van der Waals surface area (Å²) in [6.45, 7) is 0. The van der Waals surface area contributed by atoms with Crippen LogP contribution in [0.1, 0.15) is 5.56 Å². The van der Waals surface area contributed by atoms with Gasteiger partial charge in [-0.25, -0.2) is 4.99 Å². The summed E-state index contributed by atoms with van der Waals surface area (Å²) in [7, 11) is -2.83. The van der Waals surface area contributed by atoms with Crippen molar-refractivity contribution in [2.24, 2.45) is 9.98 Å². The van der Waals surface area contributed by atoms with E-state index >= 15 is 0 Å². The fourth-order valence-corrected chi connectivity index (χ4v) is 13.4. The largest absolute Gasteiger partial charge is 0.300 e. The Kier molecular flexibility index (Phi) is 8.58. The fraction of sp³-hybridized carbons (Fsp3) is 0. The predicted octanol–water partition coefficient (Wildman–Crippen LogP) is 9.09. The summed E-state index contributed by atoms with van der Waals surface area (Å²) < 4.78 is 4.21. The fourth-order valence-electron chi connectivity index (χ4n) is 8.59. The third-order valence-electron chi connectivity index (χ3n) is 11.1. The Balaban J connectivity index is 1.19. The molecule has 0 fully saturated rings. The van der Waals surface area contributed by atoms with E-state index in [9.17, 15) is 5.41 Å². The van der Waals surface area contributed by atoms with Crippen molar-refractivity contribution in [3.05, 3.63) is 218 Å². The van der Waals surface area contributed by atoms with E-state index in [4.69, 9.17) is 9.98 Å². The van der Waals surface area contributed by atoms with Gasteiger partial charge in [0.05, 0.1) is 22.1 Å². The normalized spacial score (nSPS) is 12.3. The second-order valence-corrected chi connectivity index (χ2v) is 18.0. The number of para-hydroxylation sites is 4. The zero-order valence-electron chi connectivity index (χ0n) is 31.1. The van der Waals surface area contributed by atoms with Crippen LogP contribution in [0.3, 0.4) is 0 Å². The number of amidine groups is 1. The molecule has 0 unspecified atom stereocenters. The first-order chi connectivity index (χ1) is 28.2. The summed E-state index contributed by atoms with van der Waals surface area (Å²) in [6.07, 6.45) is 1.86. The molecule has 2 aromatic heterocycles. The van der Waals surface area contributed by atoms with Crippen molar-refractivity contribution in [3.63, 3.8) is 0 Å². The smallest absolute Gasteiger partial charge is 0.238 e. The number of aliphatic imine (C=N–C) groups is 2. The number of rotatable bonds is 6. The van der Waals surface area contributed by atoms with Crippen LogP contribution in [0.25, 0.3) is 43.6 Å². The molecular formula is C51H37N5Si. The maximum absolute atomic E-state index is 9.74. The van der Waals surface area contributed by atoms with E-state index in [0.29, 0.717) is 5.96 Å². The van der Waals surface area contributed by atoms with Crippen molar-refractivity contribution in [3.8, 4) is 0 Å². The standard InChI is InChI=1S/C51H37N5Si/c52-50(37-19-18-26-41(35-37)57(38-20-4-1-5-21-38,39-22-6-2-7-23-39)40-24-8-3-9-25-40)54-51(56-48-33-16-12-29-44(48)45-30-13-17-34-49(45)56)53-36-55-46-31-14-10-27-42(46)43-28-11-15-32-47(43)55/h1-36,52H. The van der Waals surface area contributed by atoms with Gasteiger partial charge in [-0.3, -0.25) is 14.5 Å². The molecule has 0 spiro atoms. The highest BCUT2D eigenvalue weighted by Crippen LogP contribution is 2.30. The maximum Gasteiger partial charge on any atom is 0.238 e. The number of hydrogen-bond acceptors (Lipinski definition) is 1. The van der Waals surface area contributed by atoms with Crippen molar-refractivity contribution in [2.45, 2.75) is 0 Å². The van der Waals surface area contributed by atoms with Gasteiger partial charge in [0, 0.05) is 27.1 Å². The van der Waals surface area contributed by atoms with E-state index in [1.54, 1.807) is 0 Å². The molecule has 0 bridgehead atoms. The topological polar surface area (TPSA) is 58.4 Å². The SMILES string of the molecule is N=C(N=C(N=Cn1c2ccccc2c2ccccc21)n1c2ccccc2c2ccccc21)c1cccc([Si](c2ccccc2)(c2ccccc2)c2ccccc2)c1. The highest BCUT2D eigenvalue weighted by molar-refractivity contribution is 7.19. The van der Waals surface area contributed by atoms with E-state index < -0.39 is 8.07 Å². The first-order valence-corrected chi connectivity index (χ1v) is 21.2. The molecule has 0 aliphatic carbocycles. The van der Waals surface area contributed by atoms with Crippen LogP contribution in [-0.2, 0) is 0 Å². The first-order valence-electron chi connectivity index (χ1n) is 19.2. The summed E-state index contributed by atoms with van der Waals surface area (Å²) in [4.78, 5) is 10.4. The van der Waals surface area contributed by atoms with Crippen molar-refractivity contribution in [1.82, 2.24) is 9.13 Å². The average Bonchev–Trinajstić information content (AvgIpc) is 3.79. The van der Waals surface area contributed by atoms with Crippen LogP contribution in [0.4, 0.5) is 0 Å². The van der Waals surface area contributed by atoms with Crippen LogP contribution in [0, 0.1) is 5.41 Å². The van der Waals surface area contributed by atoms with Gasteiger partial charge in [0.15, 0.2) is 13.9 Å². The van der Waals surface area contributed by atoms with Gasteiger partial charge >= 0.3 is 0 Å². The Morgan fingerprint density at radius 1 is 0.421 bits per heavy atom. The number of nitrogens with one attached hydrogen (secondary N) is 1. The molecular weight excluding hydrogens is 711 g/mol. The van der Waals surface area contributed by atoms with Crippen LogP contribution in [0.15, 0.2) is 222 Å². The minimum atomic E-state index is -2.83. The van der Waals surface area contributed by atoms with Gasteiger partial charge in [0.2, 0.25) is 5.96 Å². The summed E-state index contributed by atoms with van der Waals surface area (Å²) in [5, 5.41) is 19.3. The Hall–Kier alpha value is -7.41. The molecule has 270 valence electrons. The Labute approximate surface area is 331 Å². The lowest BCUT2D eigenvalue weighted by Crippen LogP contribution is -2.74. The molecule has 0 saturated heterocycles. The minimum absolute atomic E-state index is 0.130. The number of nitrogens with zero attached hydrogens (tertiary/aromatic N) is 4. The van der Waals surface area contributed by atoms with Gasteiger partial charge in [-0.1, -0.05) is 188 Å². The highest BCUT2D eigenvalue weighted by atomic mass is 28.3. The molecule has 8 aromatic carbocycles. The first kappa shape index (κ1) is 34.1. The molecule has 0 amide bonds. The molecule has 2 heterocycles. The van der Waals surface area contributed by atoms with E-state index in [2.05, 4.69) is 203 Å². The number of benzene rings is 8. The molecule has 6 heteroatoms. The Morgan fingerprint density at radius 3 is 1.28 bits per heavy atom.